The number of rotatable bonds is 5. The van der Waals surface area contributed by atoms with Crippen molar-refractivity contribution in [1.29, 1.82) is 0 Å². The zero-order valence-corrected chi connectivity index (χ0v) is 12.9. The first-order valence-electron chi connectivity index (χ1n) is 6.49. The van der Waals surface area contributed by atoms with Crippen LogP contribution in [-0.2, 0) is 10.3 Å². The van der Waals surface area contributed by atoms with Gasteiger partial charge in [-0.1, -0.05) is 29.3 Å². The summed E-state index contributed by atoms with van der Waals surface area (Å²) in [6.45, 7) is 1.04. The highest BCUT2D eigenvalue weighted by molar-refractivity contribution is 6.42. The predicted octanol–water partition coefficient (Wildman–Crippen LogP) is 4.31. The Labute approximate surface area is 133 Å². The van der Waals surface area contributed by atoms with E-state index in [4.69, 9.17) is 37.4 Å². The summed E-state index contributed by atoms with van der Waals surface area (Å²) in [5.41, 5.74) is 0.555. The van der Waals surface area contributed by atoms with Crippen molar-refractivity contribution in [2.75, 3.05) is 20.3 Å². The van der Waals surface area contributed by atoms with E-state index < -0.39 is 5.60 Å². The van der Waals surface area contributed by atoms with Crippen molar-refractivity contribution in [3.63, 3.8) is 0 Å². The normalized spacial score (nSPS) is 20.1. The summed E-state index contributed by atoms with van der Waals surface area (Å²) in [7, 11) is 1.63. The Morgan fingerprint density at radius 3 is 2.29 bits per heavy atom. The summed E-state index contributed by atoms with van der Waals surface area (Å²) >= 11 is 12.0. The van der Waals surface area contributed by atoms with Crippen LogP contribution in [0.25, 0.3) is 0 Å². The molecule has 0 N–H and O–H groups in total. The molecule has 1 fully saturated rings. The number of ether oxygens (including phenoxy) is 3. The number of methoxy groups -OCH3 is 1. The van der Waals surface area contributed by atoms with Gasteiger partial charge in [-0.05, 0) is 42.0 Å². The molecular weight excluding hydrogens is 311 g/mol. The Kier molecular flexibility index (Phi) is 3.98. The smallest absolute Gasteiger partial charge is 0.150 e. The predicted molar refractivity (Wildman–Crippen MR) is 82.6 cm³/mol. The number of hydrogen-bond donors (Lipinski definition) is 0. The van der Waals surface area contributed by atoms with Crippen LogP contribution < -0.4 is 9.47 Å². The standard InChI is InChI=1S/C16H14Cl2O3/c1-19-12-3-5-13(6-4-12)20-9-16(10-21-16)11-2-7-14(17)15(18)8-11/h2-8H,9-10H2,1H3/t16-/m1/s1. The summed E-state index contributed by atoms with van der Waals surface area (Å²) in [6.07, 6.45) is 0. The minimum Gasteiger partial charge on any atom is -0.497 e. The molecular formula is C16H14Cl2O3. The van der Waals surface area contributed by atoms with Crippen LogP contribution in [0.3, 0.4) is 0 Å². The highest BCUT2D eigenvalue weighted by atomic mass is 35.5. The van der Waals surface area contributed by atoms with Crippen molar-refractivity contribution in [1.82, 2.24) is 0 Å². The average Bonchev–Trinajstić information content (AvgIpc) is 3.30. The van der Waals surface area contributed by atoms with Gasteiger partial charge in [-0.3, -0.25) is 0 Å². The first-order chi connectivity index (χ1) is 10.1. The van der Waals surface area contributed by atoms with E-state index >= 15 is 0 Å². The van der Waals surface area contributed by atoms with Crippen molar-refractivity contribution in [3.05, 3.63) is 58.1 Å². The Morgan fingerprint density at radius 2 is 1.71 bits per heavy atom. The molecule has 3 rings (SSSR count). The number of epoxide rings is 1. The molecule has 1 aliphatic heterocycles. The van der Waals surface area contributed by atoms with Gasteiger partial charge in [-0.25, -0.2) is 0 Å². The third-order valence-corrected chi connectivity index (χ3v) is 4.21. The summed E-state index contributed by atoms with van der Waals surface area (Å²) < 4.78 is 16.5. The molecule has 0 amide bonds. The van der Waals surface area contributed by atoms with Gasteiger partial charge in [0.2, 0.25) is 0 Å². The molecule has 2 aromatic carbocycles. The van der Waals surface area contributed by atoms with Crippen molar-refractivity contribution in [2.24, 2.45) is 0 Å². The van der Waals surface area contributed by atoms with Gasteiger partial charge in [-0.2, -0.15) is 0 Å². The molecule has 3 nitrogen and oxygen atoms in total. The number of hydrogen-bond acceptors (Lipinski definition) is 3. The van der Waals surface area contributed by atoms with Crippen molar-refractivity contribution in [3.8, 4) is 11.5 Å². The van der Waals surface area contributed by atoms with E-state index in [1.165, 1.54) is 0 Å². The lowest BCUT2D eigenvalue weighted by Crippen LogP contribution is -2.19. The molecule has 0 saturated carbocycles. The van der Waals surface area contributed by atoms with E-state index in [0.29, 0.717) is 23.3 Å². The van der Waals surface area contributed by atoms with E-state index in [9.17, 15) is 0 Å². The van der Waals surface area contributed by atoms with Gasteiger partial charge in [0, 0.05) is 0 Å². The summed E-state index contributed by atoms with van der Waals surface area (Å²) in [5, 5.41) is 1.06. The van der Waals surface area contributed by atoms with Gasteiger partial charge in [0.15, 0.2) is 5.60 Å². The van der Waals surface area contributed by atoms with Crippen molar-refractivity contribution in [2.45, 2.75) is 5.60 Å². The maximum atomic E-state index is 6.06. The molecule has 0 aliphatic carbocycles. The molecule has 110 valence electrons. The summed E-state index contributed by atoms with van der Waals surface area (Å²) in [4.78, 5) is 0. The lowest BCUT2D eigenvalue weighted by molar-refractivity contribution is 0.190. The van der Waals surface area contributed by atoms with Crippen LogP contribution in [0.1, 0.15) is 5.56 Å². The highest BCUT2D eigenvalue weighted by Gasteiger charge is 2.47. The second kappa shape index (κ2) is 5.76. The second-order valence-corrected chi connectivity index (χ2v) is 5.69. The van der Waals surface area contributed by atoms with E-state index in [0.717, 1.165) is 17.1 Å². The van der Waals surface area contributed by atoms with Gasteiger partial charge < -0.3 is 14.2 Å². The highest BCUT2D eigenvalue weighted by Crippen LogP contribution is 2.41. The van der Waals surface area contributed by atoms with Crippen molar-refractivity contribution >= 4 is 23.2 Å². The molecule has 0 unspecified atom stereocenters. The first kappa shape index (κ1) is 14.5. The maximum Gasteiger partial charge on any atom is 0.150 e. The molecule has 1 saturated heterocycles. The Morgan fingerprint density at radius 1 is 1.05 bits per heavy atom. The van der Waals surface area contributed by atoms with E-state index in [1.807, 2.05) is 36.4 Å². The molecule has 2 aromatic rings. The largest absolute Gasteiger partial charge is 0.497 e. The summed E-state index contributed by atoms with van der Waals surface area (Å²) in [5.74, 6) is 1.56. The molecule has 21 heavy (non-hydrogen) atoms. The van der Waals surface area contributed by atoms with Gasteiger partial charge in [0.05, 0.1) is 23.8 Å². The number of benzene rings is 2. The van der Waals surface area contributed by atoms with E-state index in [1.54, 1.807) is 13.2 Å². The first-order valence-corrected chi connectivity index (χ1v) is 7.25. The Balaban J connectivity index is 1.70. The lowest BCUT2D eigenvalue weighted by atomic mass is 10.0. The fraction of sp³-hybridized carbons (Fsp3) is 0.250. The van der Waals surface area contributed by atoms with Crippen LogP contribution in [0, 0.1) is 0 Å². The van der Waals surface area contributed by atoms with Crippen LogP contribution >= 0.6 is 23.2 Å². The Hall–Kier alpha value is -1.42. The number of halogens is 2. The molecule has 1 atom stereocenters. The van der Waals surface area contributed by atoms with E-state index in [2.05, 4.69) is 0 Å². The average molecular weight is 325 g/mol. The Bertz CT molecular complexity index is 636. The van der Waals surface area contributed by atoms with Crippen LogP contribution in [0.4, 0.5) is 0 Å². The van der Waals surface area contributed by atoms with Crippen LogP contribution in [0.15, 0.2) is 42.5 Å². The maximum absolute atomic E-state index is 6.06. The molecule has 0 radical (unpaired) electrons. The minimum atomic E-state index is -0.422. The van der Waals surface area contributed by atoms with Crippen molar-refractivity contribution < 1.29 is 14.2 Å². The lowest BCUT2D eigenvalue weighted by Gasteiger charge is -2.14. The van der Waals surface area contributed by atoms with Gasteiger partial charge >= 0.3 is 0 Å². The van der Waals surface area contributed by atoms with Gasteiger partial charge in [-0.15, -0.1) is 0 Å². The third kappa shape index (κ3) is 3.10. The minimum absolute atomic E-state index is 0.422. The fourth-order valence-corrected chi connectivity index (χ4v) is 2.37. The fourth-order valence-electron chi connectivity index (χ4n) is 2.07. The zero-order valence-electron chi connectivity index (χ0n) is 11.4. The molecule has 1 heterocycles. The third-order valence-electron chi connectivity index (χ3n) is 3.47. The van der Waals surface area contributed by atoms with Crippen LogP contribution in [0.5, 0.6) is 11.5 Å². The van der Waals surface area contributed by atoms with Crippen LogP contribution in [-0.4, -0.2) is 20.3 Å². The molecule has 1 aliphatic rings. The monoisotopic (exact) mass is 324 g/mol. The molecule has 5 heteroatoms. The topological polar surface area (TPSA) is 31.0 Å². The quantitative estimate of drug-likeness (QED) is 0.768. The van der Waals surface area contributed by atoms with E-state index in [-0.39, 0.29) is 0 Å². The summed E-state index contributed by atoms with van der Waals surface area (Å²) in [6, 6.07) is 13.0. The SMILES string of the molecule is COc1ccc(OC[C@]2(c3ccc(Cl)c(Cl)c3)CO2)cc1. The molecule has 0 bridgehead atoms. The van der Waals surface area contributed by atoms with Gasteiger partial charge in [0.25, 0.3) is 0 Å². The van der Waals surface area contributed by atoms with Crippen LogP contribution in [0.2, 0.25) is 10.0 Å². The zero-order chi connectivity index (χ0) is 14.9. The second-order valence-electron chi connectivity index (χ2n) is 4.88. The molecule has 0 aromatic heterocycles. The molecule has 0 spiro atoms. The van der Waals surface area contributed by atoms with Gasteiger partial charge in [0.1, 0.15) is 18.1 Å².